The second-order valence-corrected chi connectivity index (χ2v) is 6.75. The molecular formula is C21H14ClF3N4O. The Kier molecular flexibility index (Phi) is 5.17. The van der Waals surface area contributed by atoms with Crippen LogP contribution in [0.2, 0.25) is 5.02 Å². The van der Waals surface area contributed by atoms with Gasteiger partial charge in [0.1, 0.15) is 11.6 Å². The molecule has 0 saturated heterocycles. The van der Waals surface area contributed by atoms with Gasteiger partial charge in [0.25, 0.3) is 0 Å². The second-order valence-electron chi connectivity index (χ2n) is 6.34. The van der Waals surface area contributed by atoms with Gasteiger partial charge < -0.3 is 10.1 Å². The number of pyridine rings is 1. The zero-order valence-corrected chi connectivity index (χ0v) is 16.3. The molecule has 4 rings (SSSR count). The third-order valence-corrected chi connectivity index (χ3v) is 4.70. The topological polar surface area (TPSA) is 59.9 Å². The van der Waals surface area contributed by atoms with E-state index in [0.29, 0.717) is 33.9 Å². The second kappa shape index (κ2) is 7.79. The van der Waals surface area contributed by atoms with Crippen molar-refractivity contribution in [3.8, 4) is 17.1 Å². The number of hydrogen-bond donors (Lipinski definition) is 1. The lowest BCUT2D eigenvalue weighted by Crippen LogP contribution is -2.06. The fraction of sp³-hybridized carbons (Fsp3) is 0.0952. The average molecular weight is 431 g/mol. The van der Waals surface area contributed by atoms with Crippen molar-refractivity contribution in [1.29, 1.82) is 0 Å². The molecule has 0 unspecified atom stereocenters. The molecule has 0 saturated carbocycles. The third-order valence-electron chi connectivity index (χ3n) is 4.37. The molecule has 0 atom stereocenters. The van der Waals surface area contributed by atoms with Crippen LogP contribution in [0, 0.1) is 0 Å². The minimum absolute atomic E-state index is 0.0754. The maximum atomic E-state index is 13.2. The summed E-state index contributed by atoms with van der Waals surface area (Å²) in [6.07, 6.45) is -1.28. The first kappa shape index (κ1) is 19.9. The highest BCUT2D eigenvalue weighted by Crippen LogP contribution is 2.36. The number of aromatic nitrogens is 3. The Balaban J connectivity index is 1.88. The van der Waals surface area contributed by atoms with Crippen LogP contribution in [0.25, 0.3) is 22.3 Å². The van der Waals surface area contributed by atoms with E-state index in [9.17, 15) is 13.2 Å². The van der Waals surface area contributed by atoms with E-state index in [4.69, 9.17) is 16.3 Å². The van der Waals surface area contributed by atoms with Crippen LogP contribution in [0.3, 0.4) is 0 Å². The van der Waals surface area contributed by atoms with E-state index < -0.39 is 11.7 Å². The number of ether oxygens (including phenoxy) is 1. The largest absolute Gasteiger partial charge is 0.497 e. The van der Waals surface area contributed by atoms with Crippen molar-refractivity contribution in [2.24, 2.45) is 0 Å². The summed E-state index contributed by atoms with van der Waals surface area (Å²) in [5, 5.41) is 3.62. The van der Waals surface area contributed by atoms with Crippen molar-refractivity contribution < 1.29 is 17.9 Å². The van der Waals surface area contributed by atoms with Crippen molar-refractivity contribution in [1.82, 2.24) is 15.0 Å². The molecule has 0 fully saturated rings. The SMILES string of the molecule is COc1ccc2nc(-c3cccnc3)nc(Nc3cc(C(F)(F)F)ccc3Cl)c2c1. The van der Waals surface area contributed by atoms with Gasteiger partial charge in [0.05, 0.1) is 28.9 Å². The first-order chi connectivity index (χ1) is 14.3. The molecule has 4 aromatic rings. The molecule has 2 aromatic carbocycles. The number of benzene rings is 2. The fourth-order valence-corrected chi connectivity index (χ4v) is 3.04. The molecule has 0 aliphatic heterocycles. The standard InChI is InChI=1S/C21H14ClF3N4O/c1-30-14-5-7-17-15(10-14)20(29-19(27-17)12-3-2-8-26-11-12)28-18-9-13(21(23,24)25)4-6-16(18)22/h2-11H,1H3,(H,27,28,29). The lowest BCUT2D eigenvalue weighted by molar-refractivity contribution is -0.137. The number of anilines is 2. The Morgan fingerprint density at radius 2 is 1.87 bits per heavy atom. The molecule has 5 nitrogen and oxygen atoms in total. The van der Waals surface area contributed by atoms with Gasteiger partial charge in [0, 0.05) is 23.3 Å². The minimum Gasteiger partial charge on any atom is -0.497 e. The predicted octanol–water partition coefficient (Wildman–Crippen LogP) is 6.12. The Labute approximate surface area is 174 Å². The van der Waals surface area contributed by atoms with Crippen LogP contribution in [-0.2, 0) is 6.18 Å². The van der Waals surface area contributed by atoms with Crippen LogP contribution >= 0.6 is 11.6 Å². The van der Waals surface area contributed by atoms with Gasteiger partial charge in [-0.25, -0.2) is 9.97 Å². The van der Waals surface area contributed by atoms with Crippen molar-refractivity contribution in [2.45, 2.75) is 6.18 Å². The number of hydrogen-bond acceptors (Lipinski definition) is 5. The highest BCUT2D eigenvalue weighted by Gasteiger charge is 2.31. The highest BCUT2D eigenvalue weighted by atomic mass is 35.5. The number of rotatable bonds is 4. The quantitative estimate of drug-likeness (QED) is 0.423. The summed E-state index contributed by atoms with van der Waals surface area (Å²) in [4.78, 5) is 13.1. The van der Waals surface area contributed by atoms with Gasteiger partial charge in [-0.1, -0.05) is 11.6 Å². The van der Waals surface area contributed by atoms with E-state index in [0.717, 1.165) is 12.1 Å². The molecule has 0 aliphatic carbocycles. The van der Waals surface area contributed by atoms with Crippen molar-refractivity contribution in [3.63, 3.8) is 0 Å². The van der Waals surface area contributed by atoms with E-state index in [2.05, 4.69) is 20.3 Å². The average Bonchev–Trinajstić information content (AvgIpc) is 2.74. The van der Waals surface area contributed by atoms with E-state index in [1.807, 2.05) is 0 Å². The van der Waals surface area contributed by atoms with Crippen LogP contribution in [0.4, 0.5) is 24.7 Å². The third kappa shape index (κ3) is 3.99. The summed E-state index contributed by atoms with van der Waals surface area (Å²) in [7, 11) is 1.52. The zero-order valence-electron chi connectivity index (χ0n) is 15.5. The molecule has 0 amide bonds. The molecule has 9 heteroatoms. The van der Waals surface area contributed by atoms with E-state index >= 15 is 0 Å². The molecule has 0 spiro atoms. The number of nitrogens with one attached hydrogen (secondary N) is 1. The summed E-state index contributed by atoms with van der Waals surface area (Å²) < 4.78 is 44.7. The van der Waals surface area contributed by atoms with Gasteiger partial charge in [-0.05, 0) is 48.5 Å². The maximum absolute atomic E-state index is 13.2. The minimum atomic E-state index is -4.50. The van der Waals surface area contributed by atoms with Crippen LogP contribution in [0.15, 0.2) is 60.9 Å². The molecular weight excluding hydrogens is 417 g/mol. The molecule has 2 heterocycles. The highest BCUT2D eigenvalue weighted by molar-refractivity contribution is 6.33. The van der Waals surface area contributed by atoms with Gasteiger partial charge in [0.2, 0.25) is 0 Å². The molecule has 152 valence electrons. The Morgan fingerprint density at radius 1 is 1.03 bits per heavy atom. The van der Waals surface area contributed by atoms with Gasteiger partial charge in [-0.2, -0.15) is 13.2 Å². The lowest BCUT2D eigenvalue weighted by atomic mass is 10.1. The first-order valence-corrected chi connectivity index (χ1v) is 9.13. The molecule has 0 bridgehead atoms. The molecule has 30 heavy (non-hydrogen) atoms. The zero-order chi connectivity index (χ0) is 21.3. The summed E-state index contributed by atoms with van der Waals surface area (Å²) in [6.45, 7) is 0. The van der Waals surface area contributed by atoms with Gasteiger partial charge in [-0.3, -0.25) is 4.98 Å². The molecule has 0 radical (unpaired) electrons. The number of methoxy groups -OCH3 is 1. The smallest absolute Gasteiger partial charge is 0.416 e. The fourth-order valence-electron chi connectivity index (χ4n) is 2.88. The van der Waals surface area contributed by atoms with Crippen LogP contribution < -0.4 is 10.1 Å². The first-order valence-electron chi connectivity index (χ1n) is 8.75. The van der Waals surface area contributed by atoms with Crippen molar-refractivity contribution in [2.75, 3.05) is 12.4 Å². The van der Waals surface area contributed by atoms with E-state index in [1.54, 1.807) is 42.7 Å². The Morgan fingerprint density at radius 3 is 2.57 bits per heavy atom. The Bertz CT molecular complexity index is 1220. The predicted molar refractivity (Wildman–Crippen MR) is 109 cm³/mol. The van der Waals surface area contributed by atoms with Gasteiger partial charge in [-0.15, -0.1) is 0 Å². The summed E-state index contributed by atoms with van der Waals surface area (Å²) >= 11 is 6.15. The van der Waals surface area contributed by atoms with Crippen molar-refractivity contribution >= 4 is 34.0 Å². The lowest BCUT2D eigenvalue weighted by Gasteiger charge is -2.15. The molecule has 1 N–H and O–H groups in total. The number of fused-ring (bicyclic) bond motifs is 1. The van der Waals surface area contributed by atoms with Crippen LogP contribution in [0.5, 0.6) is 5.75 Å². The van der Waals surface area contributed by atoms with Crippen molar-refractivity contribution in [3.05, 3.63) is 71.5 Å². The monoisotopic (exact) mass is 430 g/mol. The van der Waals surface area contributed by atoms with Gasteiger partial charge in [0.15, 0.2) is 5.82 Å². The summed E-state index contributed by atoms with van der Waals surface area (Å²) in [6, 6.07) is 11.8. The van der Waals surface area contributed by atoms with Crippen LogP contribution in [0.1, 0.15) is 5.56 Å². The molecule has 2 aromatic heterocycles. The number of nitrogens with zero attached hydrogens (tertiary/aromatic N) is 3. The maximum Gasteiger partial charge on any atom is 0.416 e. The molecule has 0 aliphatic rings. The van der Waals surface area contributed by atoms with Crippen LogP contribution in [-0.4, -0.2) is 22.1 Å². The summed E-state index contributed by atoms with van der Waals surface area (Å²) in [5.74, 6) is 1.21. The summed E-state index contributed by atoms with van der Waals surface area (Å²) in [5.41, 5.74) is 0.493. The number of alkyl halides is 3. The number of halogens is 4. The normalized spacial score (nSPS) is 11.5. The van der Waals surface area contributed by atoms with Gasteiger partial charge >= 0.3 is 6.18 Å². The Hall–Kier alpha value is -3.39. The van der Waals surface area contributed by atoms with E-state index in [1.165, 1.54) is 13.2 Å². The van der Waals surface area contributed by atoms with E-state index in [-0.39, 0.29) is 10.7 Å².